The van der Waals surface area contributed by atoms with Crippen molar-refractivity contribution in [2.24, 2.45) is 0 Å². The Bertz CT molecular complexity index is 843. The number of aromatic nitrogens is 2. The Morgan fingerprint density at radius 1 is 1.26 bits per heavy atom. The Morgan fingerprint density at radius 2 is 2.13 bits per heavy atom. The summed E-state index contributed by atoms with van der Waals surface area (Å²) in [7, 11) is 0. The first-order valence-electron chi connectivity index (χ1n) is 7.51. The summed E-state index contributed by atoms with van der Waals surface area (Å²) in [5, 5.41) is 7.35. The highest BCUT2D eigenvalue weighted by atomic mass is 19.1. The molecule has 0 radical (unpaired) electrons. The standard InChI is InChI=1S/C17H16FN3O2/c18-17-12(11-22)2-1-3-15(17)21-9-14(10-21)23-13-4-5-16-19-6-7-20(16)8-13/h1-8,14,22H,9-11H2/p+1. The maximum absolute atomic E-state index is 14.2. The van der Waals surface area contributed by atoms with Crippen molar-refractivity contribution in [3.63, 3.8) is 0 Å². The molecular formula is C17H17FN3O2+. The zero-order valence-corrected chi connectivity index (χ0v) is 12.4. The van der Waals surface area contributed by atoms with Crippen molar-refractivity contribution in [2.45, 2.75) is 12.7 Å². The van der Waals surface area contributed by atoms with E-state index in [-0.39, 0.29) is 18.5 Å². The third-order valence-electron chi connectivity index (χ3n) is 4.10. The van der Waals surface area contributed by atoms with Crippen LogP contribution in [0.4, 0.5) is 10.1 Å². The number of ether oxygens (including phenoxy) is 1. The van der Waals surface area contributed by atoms with E-state index < -0.39 is 0 Å². The number of pyridine rings is 1. The second kappa shape index (κ2) is 5.55. The Balaban J connectivity index is 1.43. The average Bonchev–Trinajstić information content (AvgIpc) is 2.99. The summed E-state index contributed by atoms with van der Waals surface area (Å²) in [5.74, 6) is 0.487. The predicted molar refractivity (Wildman–Crippen MR) is 85.5 cm³/mol. The van der Waals surface area contributed by atoms with Gasteiger partial charge in [0.1, 0.15) is 17.5 Å². The molecule has 118 valence electrons. The van der Waals surface area contributed by atoms with E-state index in [1.807, 2.05) is 33.8 Å². The molecule has 0 saturated carbocycles. The van der Waals surface area contributed by atoms with Crippen molar-refractivity contribution in [3.05, 3.63) is 60.3 Å². The largest absolute Gasteiger partial charge is 0.485 e. The van der Waals surface area contributed by atoms with Crippen molar-refractivity contribution in [1.82, 2.24) is 9.38 Å². The van der Waals surface area contributed by atoms with Crippen LogP contribution in [0.3, 0.4) is 0 Å². The first kappa shape index (κ1) is 14.0. The second-order valence-electron chi connectivity index (χ2n) is 5.63. The second-order valence-corrected chi connectivity index (χ2v) is 5.63. The van der Waals surface area contributed by atoms with Crippen LogP contribution < -0.4 is 9.64 Å². The number of imidazole rings is 1. The van der Waals surface area contributed by atoms with Crippen LogP contribution in [0.1, 0.15) is 5.56 Å². The lowest BCUT2D eigenvalue weighted by Gasteiger charge is -2.40. The van der Waals surface area contributed by atoms with Crippen molar-refractivity contribution < 1.29 is 14.2 Å². The van der Waals surface area contributed by atoms with Crippen molar-refractivity contribution in [3.8, 4) is 5.75 Å². The van der Waals surface area contributed by atoms with E-state index in [0.29, 0.717) is 24.3 Å². The van der Waals surface area contributed by atoms with Gasteiger partial charge in [0.05, 0.1) is 30.5 Å². The number of hydrogen-bond acceptors (Lipinski definition) is 3. The highest BCUT2D eigenvalue weighted by molar-refractivity contribution is 5.53. The minimum absolute atomic E-state index is 0.0371. The molecule has 0 atom stereocenters. The third kappa shape index (κ3) is 2.51. The van der Waals surface area contributed by atoms with Crippen LogP contribution in [0.5, 0.6) is 5.75 Å². The minimum Gasteiger partial charge on any atom is -0.485 e. The molecule has 0 spiro atoms. The van der Waals surface area contributed by atoms with Gasteiger partial charge in [0.2, 0.25) is 0 Å². The van der Waals surface area contributed by atoms with E-state index in [0.717, 1.165) is 11.4 Å². The van der Waals surface area contributed by atoms with Gasteiger partial charge >= 0.3 is 0 Å². The number of fused-ring (bicyclic) bond motifs is 1. The summed E-state index contributed by atoms with van der Waals surface area (Å²) in [4.78, 5) is 6.13. The number of hydrogen-bond donors (Lipinski definition) is 0. The van der Waals surface area contributed by atoms with Gasteiger partial charge in [-0.25, -0.2) is 9.37 Å². The molecule has 2 N–H and O–H groups in total. The van der Waals surface area contributed by atoms with Crippen LogP contribution in [0.2, 0.25) is 0 Å². The first-order chi connectivity index (χ1) is 11.2. The van der Waals surface area contributed by atoms with Crippen LogP contribution in [0, 0.1) is 5.82 Å². The van der Waals surface area contributed by atoms with E-state index in [1.165, 1.54) is 0 Å². The lowest BCUT2D eigenvalue weighted by atomic mass is 10.1. The first-order valence-corrected chi connectivity index (χ1v) is 7.51. The fourth-order valence-corrected chi connectivity index (χ4v) is 2.82. The summed E-state index contributed by atoms with van der Waals surface area (Å²) >= 11 is 0. The van der Waals surface area contributed by atoms with Crippen LogP contribution in [0.15, 0.2) is 48.9 Å². The van der Waals surface area contributed by atoms with Gasteiger partial charge in [-0.3, -0.25) is 0 Å². The summed E-state index contributed by atoms with van der Waals surface area (Å²) < 4.78 is 22.1. The third-order valence-corrected chi connectivity index (χ3v) is 4.10. The Morgan fingerprint density at radius 3 is 2.96 bits per heavy atom. The molecule has 2 aromatic heterocycles. The zero-order chi connectivity index (χ0) is 15.8. The molecule has 0 bridgehead atoms. The van der Waals surface area contributed by atoms with Gasteiger partial charge in [-0.15, -0.1) is 0 Å². The van der Waals surface area contributed by atoms with Crippen molar-refractivity contribution >= 4 is 11.3 Å². The Hall–Kier alpha value is -2.60. The highest BCUT2D eigenvalue weighted by Crippen LogP contribution is 2.28. The molecule has 1 aromatic carbocycles. The molecule has 0 amide bonds. The SMILES string of the molecule is [OH2+]Cc1cccc(N2CC(Oc3ccc4nccn4c3)C2)c1F. The van der Waals surface area contributed by atoms with Gasteiger partial charge in [0.15, 0.2) is 12.4 Å². The molecular weight excluding hydrogens is 297 g/mol. The molecule has 23 heavy (non-hydrogen) atoms. The number of rotatable bonds is 4. The van der Waals surface area contributed by atoms with Gasteiger partial charge in [-0.05, 0) is 24.3 Å². The zero-order valence-electron chi connectivity index (χ0n) is 12.4. The molecule has 6 heteroatoms. The number of halogens is 1. The molecule has 3 heterocycles. The topological polar surface area (TPSA) is 52.7 Å². The van der Waals surface area contributed by atoms with Gasteiger partial charge in [0, 0.05) is 12.4 Å². The number of anilines is 1. The van der Waals surface area contributed by atoms with Gasteiger partial charge in [-0.1, -0.05) is 6.07 Å². The molecule has 1 fully saturated rings. The van der Waals surface area contributed by atoms with E-state index in [9.17, 15) is 4.39 Å². The molecule has 5 nitrogen and oxygen atoms in total. The van der Waals surface area contributed by atoms with E-state index >= 15 is 0 Å². The molecule has 1 aliphatic rings. The van der Waals surface area contributed by atoms with Crippen LogP contribution >= 0.6 is 0 Å². The van der Waals surface area contributed by atoms with Crippen LogP contribution in [-0.4, -0.2) is 33.7 Å². The minimum atomic E-state index is -0.291. The van der Waals surface area contributed by atoms with Crippen molar-refractivity contribution in [1.29, 1.82) is 0 Å². The lowest BCUT2D eigenvalue weighted by Crippen LogP contribution is -2.54. The average molecular weight is 314 g/mol. The predicted octanol–water partition coefficient (Wildman–Crippen LogP) is 1.97. The molecule has 1 saturated heterocycles. The summed E-state index contributed by atoms with van der Waals surface area (Å²) in [6, 6.07) is 9.00. The highest BCUT2D eigenvalue weighted by Gasteiger charge is 2.31. The fraction of sp³-hybridized carbons (Fsp3) is 0.235. The smallest absolute Gasteiger partial charge is 0.172 e. The molecule has 3 aromatic rings. The van der Waals surface area contributed by atoms with E-state index in [2.05, 4.69) is 4.98 Å². The Kier molecular flexibility index (Phi) is 3.38. The molecule has 0 unspecified atom stereocenters. The van der Waals surface area contributed by atoms with Crippen molar-refractivity contribution in [2.75, 3.05) is 18.0 Å². The van der Waals surface area contributed by atoms with Crippen LogP contribution in [0.25, 0.3) is 5.65 Å². The molecule has 4 rings (SSSR count). The summed E-state index contributed by atoms with van der Waals surface area (Å²) in [6.45, 7) is 1.24. The quantitative estimate of drug-likeness (QED) is 0.692. The fourth-order valence-electron chi connectivity index (χ4n) is 2.82. The Labute approximate surface area is 132 Å². The summed E-state index contributed by atoms with van der Waals surface area (Å²) in [6.07, 6.45) is 5.55. The monoisotopic (exact) mass is 314 g/mol. The lowest BCUT2D eigenvalue weighted by molar-refractivity contribution is 0.166. The van der Waals surface area contributed by atoms with Gasteiger partial charge in [0.25, 0.3) is 0 Å². The van der Waals surface area contributed by atoms with Gasteiger partial charge < -0.3 is 19.1 Å². The maximum atomic E-state index is 14.2. The van der Waals surface area contributed by atoms with E-state index in [4.69, 9.17) is 9.84 Å². The summed E-state index contributed by atoms with van der Waals surface area (Å²) in [5.41, 5.74) is 1.86. The molecule has 0 aliphatic carbocycles. The van der Waals surface area contributed by atoms with E-state index in [1.54, 1.807) is 24.4 Å². The number of nitrogens with zero attached hydrogens (tertiary/aromatic N) is 3. The molecule has 1 aliphatic heterocycles. The van der Waals surface area contributed by atoms with Gasteiger partial charge in [-0.2, -0.15) is 0 Å². The number of benzene rings is 1. The maximum Gasteiger partial charge on any atom is 0.172 e. The van der Waals surface area contributed by atoms with Crippen LogP contribution in [-0.2, 0) is 6.61 Å². The normalized spacial score (nSPS) is 15.0.